The summed E-state index contributed by atoms with van der Waals surface area (Å²) in [5.41, 5.74) is 0.422. The highest BCUT2D eigenvalue weighted by Gasteiger charge is 2.51. The van der Waals surface area contributed by atoms with Crippen molar-refractivity contribution in [2.45, 2.75) is 58.7 Å². The molecule has 0 spiro atoms. The Kier molecular flexibility index (Phi) is 5.44. The first-order valence-electron chi connectivity index (χ1n) is 8.11. The second kappa shape index (κ2) is 6.84. The van der Waals surface area contributed by atoms with Crippen molar-refractivity contribution in [1.82, 2.24) is 5.32 Å². The summed E-state index contributed by atoms with van der Waals surface area (Å²) in [6.45, 7) is 10.7. The van der Waals surface area contributed by atoms with E-state index in [-0.39, 0.29) is 5.91 Å². The summed E-state index contributed by atoms with van der Waals surface area (Å²) in [7, 11) is -0.501. The average Bonchev–Trinajstić information content (AvgIpc) is 2.68. The van der Waals surface area contributed by atoms with Crippen molar-refractivity contribution in [3.05, 3.63) is 28.8 Å². The Balaban J connectivity index is 2.19. The van der Waals surface area contributed by atoms with Crippen LogP contribution in [0.3, 0.4) is 0 Å². The van der Waals surface area contributed by atoms with E-state index in [1.807, 2.05) is 33.8 Å². The molecule has 1 aliphatic rings. The van der Waals surface area contributed by atoms with Crippen LogP contribution in [-0.4, -0.2) is 30.8 Å². The number of benzene rings is 1. The molecule has 0 saturated carbocycles. The van der Waals surface area contributed by atoms with Crippen LogP contribution < -0.4 is 10.8 Å². The highest BCUT2D eigenvalue weighted by Crippen LogP contribution is 2.36. The molecule has 1 aromatic carbocycles. The van der Waals surface area contributed by atoms with E-state index in [9.17, 15) is 4.79 Å². The van der Waals surface area contributed by atoms with Gasteiger partial charge in [0.05, 0.1) is 21.8 Å². The van der Waals surface area contributed by atoms with Gasteiger partial charge in [-0.1, -0.05) is 31.0 Å². The van der Waals surface area contributed by atoms with Gasteiger partial charge in [-0.05, 0) is 51.7 Å². The molecule has 2 rings (SSSR count). The van der Waals surface area contributed by atoms with E-state index >= 15 is 0 Å². The Hall–Kier alpha value is -1.04. The molecule has 4 nitrogen and oxygen atoms in total. The maximum Gasteiger partial charge on any atom is 0.494 e. The lowest BCUT2D eigenvalue weighted by Gasteiger charge is -2.32. The standard InChI is InChI=1S/C17H25BClNO3/c1-6-7-10-20-15(21)13-11-12(8-9-14(13)19)18-22-16(2,3)17(4,5)23-18/h8-9,11H,6-7,10H2,1-5H3,(H,20,21). The first-order valence-corrected chi connectivity index (χ1v) is 8.49. The van der Waals surface area contributed by atoms with Crippen LogP contribution in [0.5, 0.6) is 0 Å². The van der Waals surface area contributed by atoms with Crippen LogP contribution in [0.25, 0.3) is 0 Å². The third-order valence-electron chi connectivity index (χ3n) is 4.58. The number of amides is 1. The second-order valence-corrected chi connectivity index (χ2v) is 7.34. The molecule has 23 heavy (non-hydrogen) atoms. The van der Waals surface area contributed by atoms with Gasteiger partial charge in [-0.3, -0.25) is 4.79 Å². The molecular formula is C17H25BClNO3. The van der Waals surface area contributed by atoms with Crippen molar-refractivity contribution in [1.29, 1.82) is 0 Å². The fourth-order valence-corrected chi connectivity index (χ4v) is 2.52. The summed E-state index contributed by atoms with van der Waals surface area (Å²) in [4.78, 5) is 12.3. The third-order valence-corrected chi connectivity index (χ3v) is 4.91. The Morgan fingerprint density at radius 2 is 1.83 bits per heavy atom. The van der Waals surface area contributed by atoms with Gasteiger partial charge in [-0.15, -0.1) is 0 Å². The van der Waals surface area contributed by atoms with Crippen LogP contribution >= 0.6 is 11.6 Å². The minimum absolute atomic E-state index is 0.165. The zero-order valence-electron chi connectivity index (χ0n) is 14.5. The molecule has 0 atom stereocenters. The van der Waals surface area contributed by atoms with Crippen LogP contribution in [0.4, 0.5) is 0 Å². The number of hydrogen-bond donors (Lipinski definition) is 1. The van der Waals surface area contributed by atoms with Crippen LogP contribution in [0.15, 0.2) is 18.2 Å². The smallest absolute Gasteiger partial charge is 0.399 e. The Morgan fingerprint density at radius 1 is 1.22 bits per heavy atom. The summed E-state index contributed by atoms with van der Waals surface area (Å²) in [5.74, 6) is -0.165. The largest absolute Gasteiger partial charge is 0.494 e. The Morgan fingerprint density at radius 3 is 2.39 bits per heavy atom. The lowest BCUT2D eigenvalue weighted by Crippen LogP contribution is -2.41. The zero-order chi connectivity index (χ0) is 17.3. The van der Waals surface area contributed by atoms with Crippen molar-refractivity contribution < 1.29 is 14.1 Å². The zero-order valence-corrected chi connectivity index (χ0v) is 15.3. The van der Waals surface area contributed by atoms with E-state index in [0.29, 0.717) is 17.1 Å². The Bertz CT molecular complexity index is 573. The summed E-state index contributed by atoms with van der Waals surface area (Å²) in [5, 5.41) is 3.32. The Labute approximate surface area is 144 Å². The molecule has 0 bridgehead atoms. The summed E-state index contributed by atoms with van der Waals surface area (Å²) in [6, 6.07) is 5.32. The summed E-state index contributed by atoms with van der Waals surface area (Å²) < 4.78 is 12.1. The van der Waals surface area contributed by atoms with Gasteiger partial charge in [0.1, 0.15) is 0 Å². The minimum atomic E-state index is -0.501. The highest BCUT2D eigenvalue weighted by atomic mass is 35.5. The topological polar surface area (TPSA) is 47.6 Å². The van der Waals surface area contributed by atoms with Gasteiger partial charge >= 0.3 is 7.12 Å². The predicted molar refractivity (Wildman–Crippen MR) is 94.4 cm³/mol. The van der Waals surface area contributed by atoms with E-state index in [0.717, 1.165) is 18.3 Å². The van der Waals surface area contributed by atoms with Crippen LogP contribution in [0, 0.1) is 0 Å². The number of rotatable bonds is 5. The molecule has 0 radical (unpaired) electrons. The molecule has 1 fully saturated rings. The first kappa shape index (κ1) is 18.3. The van der Waals surface area contributed by atoms with Crippen molar-refractivity contribution in [3.63, 3.8) is 0 Å². The monoisotopic (exact) mass is 337 g/mol. The second-order valence-electron chi connectivity index (χ2n) is 6.94. The van der Waals surface area contributed by atoms with Gasteiger partial charge in [-0.25, -0.2) is 0 Å². The van der Waals surface area contributed by atoms with Crippen LogP contribution in [-0.2, 0) is 9.31 Å². The van der Waals surface area contributed by atoms with Gasteiger partial charge < -0.3 is 14.6 Å². The van der Waals surface area contributed by atoms with E-state index in [1.54, 1.807) is 12.1 Å². The SMILES string of the molecule is CCCCNC(=O)c1cc(B2OC(C)(C)C(C)(C)O2)ccc1Cl. The number of nitrogens with one attached hydrogen (secondary N) is 1. The lowest BCUT2D eigenvalue weighted by atomic mass is 9.78. The van der Waals surface area contributed by atoms with Crippen molar-refractivity contribution in [2.75, 3.05) is 6.54 Å². The molecule has 1 amide bonds. The van der Waals surface area contributed by atoms with E-state index in [2.05, 4.69) is 12.2 Å². The van der Waals surface area contributed by atoms with Crippen LogP contribution in [0.1, 0.15) is 57.8 Å². The van der Waals surface area contributed by atoms with Gasteiger partial charge in [0.15, 0.2) is 0 Å². The molecule has 1 heterocycles. The predicted octanol–water partition coefficient (Wildman–Crippen LogP) is 3.17. The lowest BCUT2D eigenvalue weighted by molar-refractivity contribution is 0.00578. The molecule has 0 aromatic heterocycles. The van der Waals surface area contributed by atoms with Gasteiger partial charge in [0, 0.05) is 6.54 Å². The number of hydrogen-bond acceptors (Lipinski definition) is 3. The number of unbranched alkanes of at least 4 members (excludes halogenated alkanes) is 1. The summed E-state index contributed by atoms with van der Waals surface area (Å²) >= 11 is 6.18. The van der Waals surface area contributed by atoms with E-state index < -0.39 is 18.3 Å². The van der Waals surface area contributed by atoms with Crippen molar-refractivity contribution >= 4 is 30.1 Å². The molecule has 1 aromatic rings. The van der Waals surface area contributed by atoms with E-state index in [1.165, 1.54) is 0 Å². The highest BCUT2D eigenvalue weighted by molar-refractivity contribution is 6.62. The molecule has 1 saturated heterocycles. The first-order chi connectivity index (χ1) is 10.7. The van der Waals surface area contributed by atoms with Crippen molar-refractivity contribution in [3.8, 4) is 0 Å². The summed E-state index contributed by atoms with van der Waals surface area (Å²) in [6.07, 6.45) is 1.97. The normalized spacial score (nSPS) is 19.0. The molecule has 1 aliphatic heterocycles. The molecule has 1 N–H and O–H groups in total. The number of carbonyl (C=O) groups is 1. The molecule has 0 aliphatic carbocycles. The maximum atomic E-state index is 12.3. The van der Waals surface area contributed by atoms with Crippen LogP contribution in [0.2, 0.25) is 5.02 Å². The van der Waals surface area contributed by atoms with E-state index in [4.69, 9.17) is 20.9 Å². The van der Waals surface area contributed by atoms with Gasteiger partial charge in [-0.2, -0.15) is 0 Å². The molecule has 0 unspecified atom stereocenters. The molecular weight excluding hydrogens is 312 g/mol. The fraction of sp³-hybridized carbons (Fsp3) is 0.588. The fourth-order valence-electron chi connectivity index (χ4n) is 2.32. The quantitative estimate of drug-likeness (QED) is 0.663. The average molecular weight is 338 g/mol. The minimum Gasteiger partial charge on any atom is -0.399 e. The number of carbonyl (C=O) groups excluding carboxylic acids is 1. The van der Waals surface area contributed by atoms with Gasteiger partial charge in [0.25, 0.3) is 5.91 Å². The van der Waals surface area contributed by atoms with Crippen molar-refractivity contribution in [2.24, 2.45) is 0 Å². The molecule has 6 heteroatoms. The maximum absolute atomic E-state index is 12.3. The number of halogens is 1. The van der Waals surface area contributed by atoms with Gasteiger partial charge in [0.2, 0.25) is 0 Å². The third kappa shape index (κ3) is 3.90. The molecule has 126 valence electrons.